The molecule has 1 N–H and O–H groups in total. The Morgan fingerprint density at radius 3 is 2.73 bits per heavy atom. The van der Waals surface area contributed by atoms with Crippen molar-refractivity contribution < 1.29 is 0 Å². The highest BCUT2D eigenvalue weighted by Gasteiger charge is 2.12. The molecule has 3 heteroatoms. The standard InChI is InChI=1S/C12H13ClN2/c1-3-8(2)12(15)10-5-4-9(7-14)6-11(10)13/h4-6,8,15H,3H2,1-2H3. The molecule has 0 aliphatic heterocycles. The van der Waals surface area contributed by atoms with Crippen molar-refractivity contribution in [2.24, 2.45) is 5.92 Å². The normalized spacial score (nSPS) is 11.9. The molecular weight excluding hydrogens is 208 g/mol. The summed E-state index contributed by atoms with van der Waals surface area (Å²) in [6.07, 6.45) is 0.912. The van der Waals surface area contributed by atoms with Gasteiger partial charge in [0.2, 0.25) is 0 Å². The van der Waals surface area contributed by atoms with Crippen molar-refractivity contribution in [3.8, 4) is 6.07 Å². The van der Waals surface area contributed by atoms with Crippen molar-refractivity contribution in [2.45, 2.75) is 20.3 Å². The van der Waals surface area contributed by atoms with Gasteiger partial charge in [-0.25, -0.2) is 0 Å². The Labute approximate surface area is 95.0 Å². The van der Waals surface area contributed by atoms with E-state index in [-0.39, 0.29) is 5.92 Å². The lowest BCUT2D eigenvalue weighted by Gasteiger charge is -2.12. The summed E-state index contributed by atoms with van der Waals surface area (Å²) in [6, 6.07) is 7.07. The summed E-state index contributed by atoms with van der Waals surface area (Å²) in [4.78, 5) is 0. The summed E-state index contributed by atoms with van der Waals surface area (Å²) >= 11 is 6.01. The highest BCUT2D eigenvalue weighted by Crippen LogP contribution is 2.21. The van der Waals surface area contributed by atoms with Crippen LogP contribution in [0.2, 0.25) is 5.02 Å². The first-order valence-electron chi connectivity index (χ1n) is 4.88. The van der Waals surface area contributed by atoms with Gasteiger partial charge < -0.3 is 5.41 Å². The molecule has 0 aliphatic rings. The van der Waals surface area contributed by atoms with Gasteiger partial charge in [0.25, 0.3) is 0 Å². The van der Waals surface area contributed by atoms with E-state index in [0.29, 0.717) is 16.3 Å². The zero-order chi connectivity index (χ0) is 11.4. The van der Waals surface area contributed by atoms with Gasteiger partial charge in [-0.2, -0.15) is 5.26 Å². The quantitative estimate of drug-likeness (QED) is 0.777. The average molecular weight is 221 g/mol. The summed E-state index contributed by atoms with van der Waals surface area (Å²) in [5.74, 6) is 0.190. The molecule has 0 radical (unpaired) electrons. The molecule has 78 valence electrons. The molecule has 0 heterocycles. The summed E-state index contributed by atoms with van der Waals surface area (Å²) < 4.78 is 0. The maximum absolute atomic E-state index is 8.68. The van der Waals surface area contributed by atoms with Crippen LogP contribution in [0.25, 0.3) is 0 Å². The molecule has 0 aliphatic carbocycles. The van der Waals surface area contributed by atoms with E-state index in [1.54, 1.807) is 18.2 Å². The molecule has 2 nitrogen and oxygen atoms in total. The molecule has 0 saturated heterocycles. The molecule has 0 amide bonds. The first kappa shape index (κ1) is 11.7. The predicted octanol–water partition coefficient (Wildman–Crippen LogP) is 3.63. The smallest absolute Gasteiger partial charge is 0.0992 e. The van der Waals surface area contributed by atoms with Crippen LogP contribution in [-0.4, -0.2) is 5.71 Å². The van der Waals surface area contributed by atoms with Crippen LogP contribution in [0.5, 0.6) is 0 Å². The number of hydrogen-bond donors (Lipinski definition) is 1. The van der Waals surface area contributed by atoms with Gasteiger partial charge in [0.05, 0.1) is 16.7 Å². The Bertz CT molecular complexity index is 418. The van der Waals surface area contributed by atoms with Crippen molar-refractivity contribution in [3.63, 3.8) is 0 Å². The van der Waals surface area contributed by atoms with Crippen LogP contribution in [0, 0.1) is 22.7 Å². The van der Waals surface area contributed by atoms with Crippen molar-refractivity contribution in [2.75, 3.05) is 0 Å². The second-order valence-corrected chi connectivity index (χ2v) is 3.94. The van der Waals surface area contributed by atoms with Gasteiger partial charge in [0, 0.05) is 11.3 Å². The third-order valence-corrected chi connectivity index (χ3v) is 2.81. The number of nitriles is 1. The highest BCUT2D eigenvalue weighted by molar-refractivity contribution is 6.34. The SMILES string of the molecule is CCC(C)C(=N)c1ccc(C#N)cc1Cl. The maximum atomic E-state index is 8.68. The average Bonchev–Trinajstić information content (AvgIpc) is 2.26. The minimum atomic E-state index is 0.190. The van der Waals surface area contributed by atoms with Gasteiger partial charge in [-0.1, -0.05) is 31.5 Å². The Morgan fingerprint density at radius 2 is 2.27 bits per heavy atom. The van der Waals surface area contributed by atoms with E-state index in [2.05, 4.69) is 0 Å². The van der Waals surface area contributed by atoms with E-state index < -0.39 is 0 Å². The van der Waals surface area contributed by atoms with Crippen LogP contribution in [-0.2, 0) is 0 Å². The Hall–Kier alpha value is -1.33. The first-order valence-corrected chi connectivity index (χ1v) is 5.26. The van der Waals surface area contributed by atoms with E-state index in [0.717, 1.165) is 12.0 Å². The second-order valence-electron chi connectivity index (χ2n) is 3.53. The fraction of sp³-hybridized carbons (Fsp3) is 0.333. The lowest BCUT2D eigenvalue weighted by atomic mass is 9.95. The van der Waals surface area contributed by atoms with Gasteiger partial charge in [-0.05, 0) is 24.5 Å². The lowest BCUT2D eigenvalue weighted by molar-refractivity contribution is 0.736. The monoisotopic (exact) mass is 220 g/mol. The third-order valence-electron chi connectivity index (χ3n) is 2.49. The van der Waals surface area contributed by atoms with Gasteiger partial charge in [0.15, 0.2) is 0 Å². The summed E-state index contributed by atoms with van der Waals surface area (Å²) in [5, 5.41) is 17.1. The zero-order valence-corrected chi connectivity index (χ0v) is 9.60. The number of nitrogens with zero attached hydrogens (tertiary/aromatic N) is 1. The number of hydrogen-bond acceptors (Lipinski definition) is 2. The second kappa shape index (κ2) is 4.95. The van der Waals surface area contributed by atoms with E-state index in [4.69, 9.17) is 22.3 Å². The van der Waals surface area contributed by atoms with Crippen LogP contribution in [0.15, 0.2) is 18.2 Å². The molecule has 1 aromatic carbocycles. The van der Waals surface area contributed by atoms with Crippen LogP contribution in [0.3, 0.4) is 0 Å². The van der Waals surface area contributed by atoms with Crippen LogP contribution in [0.1, 0.15) is 31.4 Å². The van der Waals surface area contributed by atoms with Crippen molar-refractivity contribution in [3.05, 3.63) is 34.3 Å². The minimum absolute atomic E-state index is 0.190. The molecule has 1 aromatic rings. The van der Waals surface area contributed by atoms with Gasteiger partial charge in [0.1, 0.15) is 0 Å². The minimum Gasteiger partial charge on any atom is -0.304 e. The molecule has 1 rings (SSSR count). The molecule has 0 saturated carbocycles. The molecule has 0 bridgehead atoms. The van der Waals surface area contributed by atoms with E-state index in [1.165, 1.54) is 0 Å². The van der Waals surface area contributed by atoms with Crippen LogP contribution < -0.4 is 0 Å². The largest absolute Gasteiger partial charge is 0.304 e. The van der Waals surface area contributed by atoms with E-state index in [9.17, 15) is 0 Å². The van der Waals surface area contributed by atoms with Gasteiger partial charge in [-0.15, -0.1) is 0 Å². The number of halogens is 1. The van der Waals surface area contributed by atoms with Crippen molar-refractivity contribution >= 4 is 17.3 Å². The van der Waals surface area contributed by atoms with Gasteiger partial charge >= 0.3 is 0 Å². The van der Waals surface area contributed by atoms with Crippen LogP contribution >= 0.6 is 11.6 Å². The molecular formula is C12H13ClN2. The molecule has 0 spiro atoms. The number of nitrogens with one attached hydrogen (secondary N) is 1. The molecule has 1 unspecified atom stereocenters. The maximum Gasteiger partial charge on any atom is 0.0992 e. The summed E-state index contributed by atoms with van der Waals surface area (Å²) in [7, 11) is 0. The summed E-state index contributed by atoms with van der Waals surface area (Å²) in [6.45, 7) is 4.04. The number of rotatable bonds is 3. The fourth-order valence-corrected chi connectivity index (χ4v) is 1.56. The van der Waals surface area contributed by atoms with Gasteiger partial charge in [-0.3, -0.25) is 0 Å². The Morgan fingerprint density at radius 1 is 1.60 bits per heavy atom. The molecule has 1 atom stereocenters. The lowest BCUT2D eigenvalue weighted by Crippen LogP contribution is -2.10. The fourth-order valence-electron chi connectivity index (χ4n) is 1.27. The topological polar surface area (TPSA) is 47.6 Å². The first-order chi connectivity index (χ1) is 7.10. The zero-order valence-electron chi connectivity index (χ0n) is 8.84. The molecule has 15 heavy (non-hydrogen) atoms. The third kappa shape index (κ3) is 2.57. The molecule has 0 fully saturated rings. The van der Waals surface area contributed by atoms with Crippen molar-refractivity contribution in [1.29, 1.82) is 10.7 Å². The summed E-state index contributed by atoms with van der Waals surface area (Å²) in [5.41, 5.74) is 1.79. The highest BCUT2D eigenvalue weighted by atomic mass is 35.5. The Balaban J connectivity index is 3.07. The van der Waals surface area contributed by atoms with Crippen LogP contribution in [0.4, 0.5) is 0 Å². The molecule has 0 aromatic heterocycles. The van der Waals surface area contributed by atoms with E-state index in [1.807, 2.05) is 19.9 Å². The number of benzene rings is 1. The van der Waals surface area contributed by atoms with Crippen molar-refractivity contribution in [1.82, 2.24) is 0 Å². The predicted molar refractivity (Wildman–Crippen MR) is 62.5 cm³/mol. The Kier molecular flexibility index (Phi) is 3.88. The van der Waals surface area contributed by atoms with E-state index >= 15 is 0 Å².